The molecule has 62 heavy (non-hydrogen) atoms. The fourth-order valence-corrected chi connectivity index (χ4v) is 8.78. The highest BCUT2D eigenvalue weighted by molar-refractivity contribution is 5.94. The Morgan fingerprint density at radius 1 is 0.403 bits per heavy atom. The topological polar surface area (TPSA) is 53.9 Å². The Morgan fingerprint density at radius 2 is 0.823 bits per heavy atom. The van der Waals surface area contributed by atoms with E-state index in [0.717, 1.165) is 55.9 Å². The molecule has 0 bridgehead atoms. The second-order valence-corrected chi connectivity index (χ2v) is 15.7. The fraction of sp³-hybridized carbons (Fsp3) is 0.0690. The number of nitrogens with zero attached hydrogens (tertiary/aromatic N) is 4. The summed E-state index contributed by atoms with van der Waals surface area (Å²) < 4.78 is 0. The van der Waals surface area contributed by atoms with Gasteiger partial charge in [0.1, 0.15) is 0 Å². The first-order valence-corrected chi connectivity index (χ1v) is 20.7. The van der Waals surface area contributed by atoms with Crippen LogP contribution >= 0.6 is 0 Å². The van der Waals surface area contributed by atoms with Crippen molar-refractivity contribution in [3.8, 4) is 95.3 Å². The summed E-state index contributed by atoms with van der Waals surface area (Å²) in [5.74, 6) is 0. The Kier molecular flexibility index (Phi) is 10.7. The van der Waals surface area contributed by atoms with Crippen LogP contribution in [0.25, 0.3) is 94.1 Å². The minimum absolute atomic E-state index is 0.624. The van der Waals surface area contributed by atoms with Crippen LogP contribution in [0.4, 0.5) is 5.69 Å². The lowest BCUT2D eigenvalue weighted by atomic mass is 9.80. The van der Waals surface area contributed by atoms with Crippen molar-refractivity contribution in [1.29, 1.82) is 5.26 Å². The average molecular weight is 795 g/mol. The zero-order chi connectivity index (χ0) is 42.7. The SMILES string of the molecule is [C-]#[N+]c1cccc(-c2ccnc(-c3ccc(-c4ccccc4-c4c(C)c(C)c(-c5ccccc5-c5ccc(-c6cc(-c7ccccc7C#N)ccn6)cc5)c(C)c4C)cc3)c2)c1. The van der Waals surface area contributed by atoms with Crippen LogP contribution in [0.15, 0.2) is 182 Å². The smallest absolute Gasteiger partial charge is 0.187 e. The zero-order valence-corrected chi connectivity index (χ0v) is 35.1. The third-order valence-corrected chi connectivity index (χ3v) is 12.2. The van der Waals surface area contributed by atoms with E-state index < -0.39 is 0 Å². The number of rotatable bonds is 8. The van der Waals surface area contributed by atoms with Gasteiger partial charge in [-0.1, -0.05) is 133 Å². The first-order valence-electron chi connectivity index (χ1n) is 20.7. The van der Waals surface area contributed by atoms with Gasteiger partial charge in [0, 0.05) is 23.5 Å². The predicted molar refractivity (Wildman–Crippen MR) is 255 cm³/mol. The number of aromatic nitrogens is 2. The van der Waals surface area contributed by atoms with E-state index in [4.69, 9.17) is 16.5 Å². The molecule has 0 atom stereocenters. The van der Waals surface area contributed by atoms with Crippen molar-refractivity contribution in [2.45, 2.75) is 27.7 Å². The standard InChI is InChI=1S/C58H42N4/c1-37-39(3)58(54-20-11-9-18-52(54)42-23-27-44(28-24-42)56-35-47(30-32-62-56)50-16-7-6-13-48(50)36-59)40(4)38(2)57(37)53-19-10-8-17-51(53)41-21-25-43(26-22-41)55-34-46(29-31-61-55)45-14-12-15-49(33-45)60-5/h6-35H,1-4H3. The highest BCUT2D eigenvalue weighted by Crippen LogP contribution is 2.45. The number of benzene rings is 7. The first kappa shape index (κ1) is 39.3. The summed E-state index contributed by atoms with van der Waals surface area (Å²) in [4.78, 5) is 13.0. The van der Waals surface area contributed by atoms with Gasteiger partial charge in [0.25, 0.3) is 0 Å². The van der Waals surface area contributed by atoms with Crippen molar-refractivity contribution in [2.75, 3.05) is 0 Å². The maximum absolute atomic E-state index is 9.70. The number of hydrogen-bond donors (Lipinski definition) is 0. The van der Waals surface area contributed by atoms with Crippen LogP contribution in [0.1, 0.15) is 27.8 Å². The van der Waals surface area contributed by atoms with Crippen LogP contribution in [0.5, 0.6) is 0 Å². The monoisotopic (exact) mass is 794 g/mol. The van der Waals surface area contributed by atoms with Crippen molar-refractivity contribution in [2.24, 2.45) is 0 Å². The van der Waals surface area contributed by atoms with E-state index in [1.807, 2.05) is 73.1 Å². The molecule has 0 N–H and O–H groups in total. The van der Waals surface area contributed by atoms with Crippen molar-refractivity contribution in [3.05, 3.63) is 221 Å². The van der Waals surface area contributed by atoms with Gasteiger partial charge in [0.2, 0.25) is 0 Å². The Balaban J connectivity index is 1.04. The van der Waals surface area contributed by atoms with Crippen molar-refractivity contribution >= 4 is 5.69 Å². The van der Waals surface area contributed by atoms with Crippen LogP contribution in [0, 0.1) is 45.6 Å². The molecule has 0 saturated heterocycles. The molecule has 0 aliphatic rings. The molecule has 0 spiro atoms. The second-order valence-electron chi connectivity index (χ2n) is 15.7. The summed E-state index contributed by atoms with van der Waals surface area (Å²) in [6, 6.07) is 60.6. The molecule has 4 nitrogen and oxygen atoms in total. The molecule has 0 radical (unpaired) electrons. The van der Waals surface area contributed by atoms with Crippen molar-refractivity contribution in [3.63, 3.8) is 0 Å². The van der Waals surface area contributed by atoms with Gasteiger partial charge in [-0.05, 0) is 153 Å². The molecule has 2 aromatic heterocycles. The van der Waals surface area contributed by atoms with Crippen LogP contribution in [0.3, 0.4) is 0 Å². The third kappa shape index (κ3) is 7.36. The summed E-state index contributed by atoms with van der Waals surface area (Å²) >= 11 is 0. The van der Waals surface area contributed by atoms with Gasteiger partial charge in [-0.25, -0.2) is 4.85 Å². The number of hydrogen-bond acceptors (Lipinski definition) is 3. The molecule has 0 saturated carbocycles. The molecule has 9 rings (SSSR count). The normalized spacial score (nSPS) is 10.9. The predicted octanol–water partition coefficient (Wildman–Crippen LogP) is 15.5. The summed E-state index contributed by atoms with van der Waals surface area (Å²) in [5.41, 5.74) is 23.7. The molecular formula is C58H42N4. The van der Waals surface area contributed by atoms with E-state index in [9.17, 15) is 5.26 Å². The van der Waals surface area contributed by atoms with Crippen LogP contribution in [0.2, 0.25) is 0 Å². The number of nitriles is 1. The third-order valence-electron chi connectivity index (χ3n) is 12.2. The molecule has 0 amide bonds. The lowest BCUT2D eigenvalue weighted by Gasteiger charge is -2.24. The zero-order valence-electron chi connectivity index (χ0n) is 35.1. The Bertz CT molecular complexity index is 3210. The highest BCUT2D eigenvalue weighted by atomic mass is 14.7. The second kappa shape index (κ2) is 16.8. The molecule has 2 heterocycles. The van der Waals surface area contributed by atoms with Crippen molar-refractivity contribution in [1.82, 2.24) is 9.97 Å². The molecule has 294 valence electrons. The molecule has 0 aliphatic carbocycles. The van der Waals surface area contributed by atoms with Gasteiger partial charge in [-0.2, -0.15) is 5.26 Å². The number of pyridine rings is 2. The summed E-state index contributed by atoms with van der Waals surface area (Å²) in [6.45, 7) is 16.5. The lowest BCUT2D eigenvalue weighted by molar-refractivity contribution is 1.25. The molecule has 0 aliphatic heterocycles. The molecule has 7 aromatic carbocycles. The Hall–Kier alpha value is -8.18. The summed E-state index contributed by atoms with van der Waals surface area (Å²) in [5, 5.41) is 9.70. The molecule has 4 heteroatoms. The van der Waals surface area contributed by atoms with E-state index in [1.54, 1.807) is 0 Å². The largest absolute Gasteiger partial charge is 0.256 e. The summed E-state index contributed by atoms with van der Waals surface area (Å²) in [6.07, 6.45) is 3.65. The minimum Gasteiger partial charge on any atom is -0.256 e. The van der Waals surface area contributed by atoms with Crippen LogP contribution in [-0.2, 0) is 0 Å². The first-order chi connectivity index (χ1) is 30.3. The fourth-order valence-electron chi connectivity index (χ4n) is 8.78. The van der Waals surface area contributed by atoms with E-state index in [-0.39, 0.29) is 0 Å². The van der Waals surface area contributed by atoms with Gasteiger partial charge in [0.15, 0.2) is 5.69 Å². The minimum atomic E-state index is 0.624. The van der Waals surface area contributed by atoms with Gasteiger partial charge in [-0.15, -0.1) is 0 Å². The quantitative estimate of drug-likeness (QED) is 0.144. The van der Waals surface area contributed by atoms with E-state index in [1.165, 1.54) is 55.6 Å². The molecule has 0 fully saturated rings. The van der Waals surface area contributed by atoms with Crippen LogP contribution in [-0.4, -0.2) is 9.97 Å². The van der Waals surface area contributed by atoms with E-state index >= 15 is 0 Å². The molecule has 9 aromatic rings. The van der Waals surface area contributed by atoms with Crippen molar-refractivity contribution < 1.29 is 0 Å². The average Bonchev–Trinajstić information content (AvgIpc) is 3.34. The van der Waals surface area contributed by atoms with Gasteiger partial charge >= 0.3 is 0 Å². The van der Waals surface area contributed by atoms with Crippen LogP contribution < -0.4 is 0 Å². The maximum atomic E-state index is 9.70. The molecular weight excluding hydrogens is 753 g/mol. The Morgan fingerprint density at radius 3 is 1.32 bits per heavy atom. The van der Waals surface area contributed by atoms with Gasteiger partial charge < -0.3 is 0 Å². The maximum Gasteiger partial charge on any atom is 0.187 e. The lowest BCUT2D eigenvalue weighted by Crippen LogP contribution is -2.02. The van der Waals surface area contributed by atoms with Gasteiger partial charge in [0.05, 0.1) is 29.6 Å². The molecule has 0 unspecified atom stereocenters. The van der Waals surface area contributed by atoms with E-state index in [2.05, 4.69) is 148 Å². The summed E-state index contributed by atoms with van der Waals surface area (Å²) in [7, 11) is 0. The van der Waals surface area contributed by atoms with E-state index in [0.29, 0.717) is 11.3 Å². The van der Waals surface area contributed by atoms with Gasteiger partial charge in [-0.3, -0.25) is 9.97 Å². The Labute approximate surface area is 364 Å². The highest BCUT2D eigenvalue weighted by Gasteiger charge is 2.21.